The highest BCUT2D eigenvalue weighted by molar-refractivity contribution is 9.10. The van der Waals surface area contributed by atoms with Crippen molar-refractivity contribution in [3.05, 3.63) is 52.0 Å². The number of carbonyl (C=O) groups is 1. The zero-order chi connectivity index (χ0) is 11.7. The van der Waals surface area contributed by atoms with E-state index in [0.29, 0.717) is 15.7 Å². The summed E-state index contributed by atoms with van der Waals surface area (Å²) in [5, 5.41) is 3.94. The standard InChI is InChI=1S/C11H8BrFN2O/c1-15-10(9(12)6-14-15)11(16)7-3-2-4-8(13)5-7/h2-6H,1H3. The van der Waals surface area contributed by atoms with E-state index in [0.717, 1.165) is 0 Å². The zero-order valence-electron chi connectivity index (χ0n) is 8.45. The van der Waals surface area contributed by atoms with Crippen molar-refractivity contribution in [2.75, 3.05) is 0 Å². The van der Waals surface area contributed by atoms with Crippen LogP contribution in [0, 0.1) is 5.82 Å². The lowest BCUT2D eigenvalue weighted by molar-refractivity contribution is 0.102. The van der Waals surface area contributed by atoms with Gasteiger partial charge in [0, 0.05) is 12.6 Å². The number of carbonyl (C=O) groups excluding carboxylic acids is 1. The minimum atomic E-state index is -0.427. The molecule has 2 rings (SSSR count). The van der Waals surface area contributed by atoms with Crippen LogP contribution in [0.15, 0.2) is 34.9 Å². The number of aryl methyl sites for hydroxylation is 1. The Morgan fingerprint density at radius 2 is 2.25 bits per heavy atom. The molecule has 1 heterocycles. The molecule has 1 aromatic carbocycles. The van der Waals surface area contributed by atoms with Gasteiger partial charge in [-0.3, -0.25) is 9.48 Å². The van der Waals surface area contributed by atoms with Gasteiger partial charge in [0.2, 0.25) is 5.78 Å². The van der Waals surface area contributed by atoms with E-state index in [1.807, 2.05) is 0 Å². The molecule has 0 unspecified atom stereocenters. The summed E-state index contributed by atoms with van der Waals surface area (Å²) in [6, 6.07) is 5.59. The van der Waals surface area contributed by atoms with Crippen molar-refractivity contribution in [1.29, 1.82) is 0 Å². The molecule has 2 aromatic rings. The first-order chi connectivity index (χ1) is 7.59. The predicted molar refractivity (Wildman–Crippen MR) is 60.7 cm³/mol. The van der Waals surface area contributed by atoms with Crippen LogP contribution in [-0.2, 0) is 7.05 Å². The summed E-state index contributed by atoms with van der Waals surface area (Å²) < 4.78 is 15.0. The predicted octanol–water partition coefficient (Wildman–Crippen LogP) is 2.55. The van der Waals surface area contributed by atoms with Gasteiger partial charge in [0.1, 0.15) is 11.5 Å². The minimum Gasteiger partial charge on any atom is -0.287 e. The van der Waals surface area contributed by atoms with E-state index < -0.39 is 5.82 Å². The fraction of sp³-hybridized carbons (Fsp3) is 0.0909. The Labute approximate surface area is 100 Å². The summed E-state index contributed by atoms with van der Waals surface area (Å²) >= 11 is 3.24. The number of benzene rings is 1. The first-order valence-electron chi connectivity index (χ1n) is 4.57. The Hall–Kier alpha value is -1.49. The molecule has 0 spiro atoms. The van der Waals surface area contributed by atoms with Crippen LogP contribution in [0.25, 0.3) is 0 Å². The van der Waals surface area contributed by atoms with E-state index >= 15 is 0 Å². The average Bonchev–Trinajstić information content (AvgIpc) is 2.58. The molecule has 0 aliphatic rings. The molecule has 0 aliphatic carbocycles. The smallest absolute Gasteiger partial charge is 0.212 e. The lowest BCUT2D eigenvalue weighted by atomic mass is 10.1. The molecule has 82 valence electrons. The lowest BCUT2D eigenvalue weighted by Gasteiger charge is -2.02. The number of ketones is 1. The first kappa shape index (κ1) is 11.0. The Bertz CT molecular complexity index is 531. The molecule has 0 bridgehead atoms. The SMILES string of the molecule is Cn1ncc(Br)c1C(=O)c1cccc(F)c1. The van der Waals surface area contributed by atoms with E-state index in [1.54, 1.807) is 13.1 Å². The highest BCUT2D eigenvalue weighted by Gasteiger charge is 2.17. The Morgan fingerprint density at radius 1 is 1.50 bits per heavy atom. The van der Waals surface area contributed by atoms with Gasteiger partial charge in [0.05, 0.1) is 10.7 Å². The van der Waals surface area contributed by atoms with E-state index in [4.69, 9.17) is 0 Å². The van der Waals surface area contributed by atoms with Crippen molar-refractivity contribution in [3.8, 4) is 0 Å². The highest BCUT2D eigenvalue weighted by atomic mass is 79.9. The number of hydrogen-bond acceptors (Lipinski definition) is 2. The number of halogens is 2. The average molecular weight is 283 g/mol. The minimum absolute atomic E-state index is 0.258. The summed E-state index contributed by atoms with van der Waals surface area (Å²) in [5.41, 5.74) is 0.718. The molecule has 0 radical (unpaired) electrons. The van der Waals surface area contributed by atoms with E-state index in [2.05, 4.69) is 21.0 Å². The largest absolute Gasteiger partial charge is 0.287 e. The van der Waals surface area contributed by atoms with Crippen molar-refractivity contribution in [2.24, 2.45) is 7.05 Å². The molecule has 16 heavy (non-hydrogen) atoms. The summed E-state index contributed by atoms with van der Waals surface area (Å²) in [6.45, 7) is 0. The fourth-order valence-electron chi connectivity index (χ4n) is 1.43. The van der Waals surface area contributed by atoms with Crippen molar-refractivity contribution < 1.29 is 9.18 Å². The second-order valence-corrected chi connectivity index (χ2v) is 4.16. The highest BCUT2D eigenvalue weighted by Crippen LogP contribution is 2.19. The number of rotatable bonds is 2. The van der Waals surface area contributed by atoms with Gasteiger partial charge in [0.25, 0.3) is 0 Å². The molecular weight excluding hydrogens is 275 g/mol. The van der Waals surface area contributed by atoms with Crippen molar-refractivity contribution in [2.45, 2.75) is 0 Å². The summed E-state index contributed by atoms with van der Waals surface area (Å²) in [4.78, 5) is 12.0. The van der Waals surface area contributed by atoms with Crippen LogP contribution in [0.5, 0.6) is 0 Å². The van der Waals surface area contributed by atoms with Gasteiger partial charge < -0.3 is 0 Å². The van der Waals surface area contributed by atoms with Crippen molar-refractivity contribution in [3.63, 3.8) is 0 Å². The van der Waals surface area contributed by atoms with Crippen molar-refractivity contribution in [1.82, 2.24) is 9.78 Å². The topological polar surface area (TPSA) is 34.9 Å². The van der Waals surface area contributed by atoms with Gasteiger partial charge in [-0.25, -0.2) is 4.39 Å². The number of hydrogen-bond donors (Lipinski definition) is 0. The second kappa shape index (κ2) is 4.17. The van der Waals surface area contributed by atoms with Gasteiger partial charge >= 0.3 is 0 Å². The lowest BCUT2D eigenvalue weighted by Crippen LogP contribution is -2.09. The van der Waals surface area contributed by atoms with Crippen LogP contribution in [0.3, 0.4) is 0 Å². The normalized spacial score (nSPS) is 10.4. The third kappa shape index (κ3) is 1.90. The van der Waals surface area contributed by atoms with Crippen LogP contribution >= 0.6 is 15.9 Å². The molecule has 0 N–H and O–H groups in total. The maximum atomic E-state index is 13.0. The quantitative estimate of drug-likeness (QED) is 0.794. The first-order valence-corrected chi connectivity index (χ1v) is 5.36. The van der Waals surface area contributed by atoms with Gasteiger partial charge in [-0.2, -0.15) is 5.10 Å². The molecule has 1 aromatic heterocycles. The fourth-order valence-corrected chi connectivity index (χ4v) is 1.96. The Balaban J connectivity index is 2.47. The van der Waals surface area contributed by atoms with Crippen LogP contribution in [0.4, 0.5) is 4.39 Å². The maximum absolute atomic E-state index is 13.0. The maximum Gasteiger partial charge on any atom is 0.212 e. The molecule has 0 aliphatic heterocycles. The van der Waals surface area contributed by atoms with Gasteiger partial charge in [-0.1, -0.05) is 12.1 Å². The number of nitrogens with zero attached hydrogens (tertiary/aromatic N) is 2. The third-order valence-corrected chi connectivity index (χ3v) is 2.78. The zero-order valence-corrected chi connectivity index (χ0v) is 10.0. The summed E-state index contributed by atoms with van der Waals surface area (Å²) in [6.07, 6.45) is 1.53. The molecule has 0 atom stereocenters. The Morgan fingerprint density at radius 3 is 2.81 bits per heavy atom. The molecule has 3 nitrogen and oxygen atoms in total. The summed E-state index contributed by atoms with van der Waals surface area (Å²) in [5.74, 6) is -0.685. The van der Waals surface area contributed by atoms with Crippen LogP contribution < -0.4 is 0 Å². The van der Waals surface area contributed by atoms with Crippen molar-refractivity contribution >= 4 is 21.7 Å². The van der Waals surface area contributed by atoms with E-state index in [1.165, 1.54) is 29.1 Å². The van der Waals surface area contributed by atoms with E-state index in [9.17, 15) is 9.18 Å². The van der Waals surface area contributed by atoms with Crippen LogP contribution in [0.2, 0.25) is 0 Å². The van der Waals surface area contributed by atoms with Gasteiger partial charge in [-0.15, -0.1) is 0 Å². The summed E-state index contributed by atoms with van der Waals surface area (Å²) in [7, 11) is 1.66. The molecule has 0 saturated heterocycles. The monoisotopic (exact) mass is 282 g/mol. The van der Waals surface area contributed by atoms with Gasteiger partial charge in [0.15, 0.2) is 0 Å². The van der Waals surface area contributed by atoms with Gasteiger partial charge in [-0.05, 0) is 28.1 Å². The molecule has 0 amide bonds. The number of aromatic nitrogens is 2. The van der Waals surface area contributed by atoms with Crippen LogP contribution in [0.1, 0.15) is 16.1 Å². The molecule has 5 heteroatoms. The molecule has 0 fully saturated rings. The van der Waals surface area contributed by atoms with Crippen LogP contribution in [-0.4, -0.2) is 15.6 Å². The van der Waals surface area contributed by atoms with E-state index in [-0.39, 0.29) is 5.78 Å². The molecule has 0 saturated carbocycles. The second-order valence-electron chi connectivity index (χ2n) is 3.30. The molecular formula is C11H8BrFN2O. The third-order valence-electron chi connectivity index (χ3n) is 2.20. The Kier molecular flexibility index (Phi) is 2.87.